The summed E-state index contributed by atoms with van der Waals surface area (Å²) in [6.45, 7) is 4.96. The van der Waals surface area contributed by atoms with Gasteiger partial charge in [0.1, 0.15) is 0 Å². The van der Waals surface area contributed by atoms with Gasteiger partial charge in [-0.2, -0.15) is 0 Å². The monoisotopic (exact) mass is 129 g/mol. The first-order valence-electron chi connectivity index (χ1n) is 3.40. The molecule has 1 rings (SSSR count). The van der Waals surface area contributed by atoms with E-state index in [-0.39, 0.29) is 0 Å². The summed E-state index contributed by atoms with van der Waals surface area (Å²) < 4.78 is 5.08. The van der Waals surface area contributed by atoms with E-state index in [9.17, 15) is 0 Å². The summed E-state index contributed by atoms with van der Waals surface area (Å²) in [5, 5.41) is 8.79. The molecular formula is C7H13O2. The van der Waals surface area contributed by atoms with Gasteiger partial charge in [0.25, 0.3) is 0 Å². The average molecular weight is 129 g/mol. The zero-order chi connectivity index (χ0) is 6.69. The van der Waals surface area contributed by atoms with Crippen molar-refractivity contribution in [2.24, 2.45) is 11.8 Å². The van der Waals surface area contributed by atoms with Gasteiger partial charge in [0, 0.05) is 13.2 Å². The van der Waals surface area contributed by atoms with Gasteiger partial charge in [0.05, 0.1) is 6.61 Å². The molecular weight excluding hydrogens is 116 g/mol. The second-order valence-corrected chi connectivity index (χ2v) is 2.60. The van der Waals surface area contributed by atoms with Crippen molar-refractivity contribution in [3.63, 3.8) is 0 Å². The fraction of sp³-hybridized carbons (Fsp3) is 0.857. The van der Waals surface area contributed by atoms with E-state index in [0.717, 1.165) is 13.0 Å². The Bertz CT molecular complexity index is 83.0. The summed E-state index contributed by atoms with van der Waals surface area (Å²) in [4.78, 5) is 0. The van der Waals surface area contributed by atoms with Gasteiger partial charge in [-0.1, -0.05) is 6.92 Å². The largest absolute Gasteiger partial charge is 0.396 e. The van der Waals surface area contributed by atoms with Crippen LogP contribution < -0.4 is 0 Å². The highest BCUT2D eigenvalue weighted by Gasteiger charge is 2.20. The molecule has 53 valence electrons. The van der Waals surface area contributed by atoms with Gasteiger partial charge in [-0.15, -0.1) is 0 Å². The van der Waals surface area contributed by atoms with Gasteiger partial charge in [-0.25, -0.2) is 0 Å². The van der Waals surface area contributed by atoms with Crippen molar-refractivity contribution in [2.45, 2.75) is 13.3 Å². The molecule has 2 unspecified atom stereocenters. The molecule has 0 amide bonds. The Morgan fingerprint density at radius 3 is 3.00 bits per heavy atom. The molecule has 0 aromatic rings. The van der Waals surface area contributed by atoms with Crippen LogP contribution in [0.25, 0.3) is 0 Å². The summed E-state index contributed by atoms with van der Waals surface area (Å²) >= 11 is 0. The third kappa shape index (κ3) is 1.66. The van der Waals surface area contributed by atoms with Crippen LogP contribution in [0.4, 0.5) is 0 Å². The van der Waals surface area contributed by atoms with Crippen LogP contribution in [0.2, 0.25) is 0 Å². The van der Waals surface area contributed by atoms with Crippen molar-refractivity contribution in [1.82, 2.24) is 0 Å². The molecule has 9 heavy (non-hydrogen) atoms. The van der Waals surface area contributed by atoms with Crippen LogP contribution in [-0.4, -0.2) is 18.3 Å². The quantitative estimate of drug-likeness (QED) is 0.567. The van der Waals surface area contributed by atoms with Gasteiger partial charge < -0.3 is 9.84 Å². The highest BCUT2D eigenvalue weighted by atomic mass is 16.5. The molecule has 1 aliphatic heterocycles. The Morgan fingerprint density at radius 1 is 1.78 bits per heavy atom. The van der Waals surface area contributed by atoms with E-state index in [1.54, 1.807) is 0 Å². The van der Waals surface area contributed by atoms with Gasteiger partial charge in [-0.05, 0) is 18.3 Å². The molecule has 0 bridgehead atoms. The second-order valence-electron chi connectivity index (χ2n) is 2.60. The average Bonchev–Trinajstić information content (AvgIpc) is 1.89. The van der Waals surface area contributed by atoms with Crippen molar-refractivity contribution in [3.05, 3.63) is 6.61 Å². The summed E-state index contributed by atoms with van der Waals surface area (Å²) in [5.41, 5.74) is 0. The predicted molar refractivity (Wildman–Crippen MR) is 34.6 cm³/mol. The van der Waals surface area contributed by atoms with Crippen molar-refractivity contribution in [1.29, 1.82) is 0 Å². The first-order valence-corrected chi connectivity index (χ1v) is 3.40. The lowest BCUT2D eigenvalue weighted by Crippen LogP contribution is -2.24. The minimum atomic E-state index is 0.293. The third-order valence-electron chi connectivity index (χ3n) is 1.90. The van der Waals surface area contributed by atoms with Crippen LogP contribution in [-0.2, 0) is 4.74 Å². The van der Waals surface area contributed by atoms with Gasteiger partial charge >= 0.3 is 0 Å². The molecule has 0 saturated carbocycles. The number of rotatable bonds is 1. The van der Waals surface area contributed by atoms with Crippen molar-refractivity contribution >= 4 is 0 Å². The smallest absolute Gasteiger partial charge is 0.0868 e. The summed E-state index contributed by atoms with van der Waals surface area (Å²) in [6, 6.07) is 0. The van der Waals surface area contributed by atoms with E-state index < -0.39 is 0 Å². The summed E-state index contributed by atoms with van der Waals surface area (Å²) in [6.07, 6.45) is 0.994. The Labute approximate surface area is 55.8 Å². The maximum absolute atomic E-state index is 8.79. The van der Waals surface area contributed by atoms with Crippen LogP contribution in [0.1, 0.15) is 13.3 Å². The van der Waals surface area contributed by atoms with Crippen LogP contribution in [0.5, 0.6) is 0 Å². The second kappa shape index (κ2) is 3.18. The highest BCUT2D eigenvalue weighted by Crippen LogP contribution is 2.22. The first-order chi connectivity index (χ1) is 4.34. The topological polar surface area (TPSA) is 29.5 Å². The molecule has 1 aliphatic rings. The third-order valence-corrected chi connectivity index (χ3v) is 1.90. The first kappa shape index (κ1) is 7.03. The normalized spacial score (nSPS) is 36.7. The van der Waals surface area contributed by atoms with E-state index in [1.807, 2.05) is 6.61 Å². The van der Waals surface area contributed by atoms with Crippen LogP contribution in [0.3, 0.4) is 0 Å². The van der Waals surface area contributed by atoms with E-state index in [2.05, 4.69) is 6.92 Å². The molecule has 1 N–H and O–H groups in total. The maximum atomic E-state index is 8.79. The molecule has 0 spiro atoms. The lowest BCUT2D eigenvalue weighted by atomic mass is 9.91. The van der Waals surface area contributed by atoms with E-state index in [0.29, 0.717) is 18.4 Å². The Kier molecular flexibility index (Phi) is 2.49. The lowest BCUT2D eigenvalue weighted by molar-refractivity contribution is 0.0512. The molecule has 0 aromatic carbocycles. The zero-order valence-electron chi connectivity index (χ0n) is 5.71. The number of hydrogen-bond donors (Lipinski definition) is 1. The van der Waals surface area contributed by atoms with E-state index in [1.165, 1.54) is 0 Å². The number of aliphatic hydroxyl groups excluding tert-OH is 1. The van der Waals surface area contributed by atoms with Crippen molar-refractivity contribution < 1.29 is 9.84 Å². The Morgan fingerprint density at radius 2 is 2.56 bits per heavy atom. The molecule has 2 heteroatoms. The van der Waals surface area contributed by atoms with Gasteiger partial charge in [0.2, 0.25) is 0 Å². The minimum Gasteiger partial charge on any atom is -0.396 e. The molecule has 1 fully saturated rings. The minimum absolute atomic E-state index is 0.293. The molecule has 1 heterocycles. The van der Waals surface area contributed by atoms with E-state index in [4.69, 9.17) is 9.84 Å². The van der Waals surface area contributed by atoms with Gasteiger partial charge in [-0.3, -0.25) is 0 Å². The number of aliphatic hydroxyl groups is 1. The van der Waals surface area contributed by atoms with Crippen LogP contribution in [0, 0.1) is 18.4 Å². The standard InChI is InChI=1S/C7H13O2/c1-6-5-9-3-2-7(6)4-8/h5-8H,2-4H2,1H3. The molecule has 1 radical (unpaired) electrons. The molecule has 0 aliphatic carbocycles. The fourth-order valence-electron chi connectivity index (χ4n) is 1.07. The van der Waals surface area contributed by atoms with Crippen LogP contribution in [0.15, 0.2) is 0 Å². The Balaban J connectivity index is 2.30. The van der Waals surface area contributed by atoms with E-state index >= 15 is 0 Å². The van der Waals surface area contributed by atoms with Gasteiger partial charge in [0.15, 0.2) is 0 Å². The van der Waals surface area contributed by atoms with Crippen LogP contribution >= 0.6 is 0 Å². The van der Waals surface area contributed by atoms with Crippen molar-refractivity contribution in [3.8, 4) is 0 Å². The van der Waals surface area contributed by atoms with Crippen molar-refractivity contribution in [2.75, 3.05) is 13.2 Å². The SMILES string of the molecule is CC1[CH]OCCC1CO. The zero-order valence-corrected chi connectivity index (χ0v) is 5.71. The molecule has 0 aromatic heterocycles. The molecule has 1 saturated heterocycles. The predicted octanol–water partition coefficient (Wildman–Crippen LogP) is 0.813. The number of ether oxygens (including phenoxy) is 1. The fourth-order valence-corrected chi connectivity index (χ4v) is 1.07. The summed E-state index contributed by atoms with van der Waals surface area (Å²) in [7, 11) is 0. The molecule has 2 atom stereocenters. The highest BCUT2D eigenvalue weighted by molar-refractivity contribution is 4.76. The lowest BCUT2D eigenvalue weighted by Gasteiger charge is -2.26. The molecule has 2 nitrogen and oxygen atoms in total. The number of hydrogen-bond acceptors (Lipinski definition) is 2. The summed E-state index contributed by atoms with van der Waals surface area (Å²) in [5.74, 6) is 0.850. The maximum Gasteiger partial charge on any atom is 0.0868 e. The Hall–Kier alpha value is -0.0800.